The van der Waals surface area contributed by atoms with Gasteiger partial charge < -0.3 is 4.74 Å². The molecule has 0 amide bonds. The minimum absolute atomic E-state index is 0.0209. The Balaban J connectivity index is 2.22. The van der Waals surface area contributed by atoms with Crippen LogP contribution in [-0.4, -0.2) is 43.0 Å². The predicted molar refractivity (Wildman–Crippen MR) is 75.7 cm³/mol. The van der Waals surface area contributed by atoms with Gasteiger partial charge in [-0.2, -0.15) is 4.31 Å². The lowest BCUT2D eigenvalue weighted by Crippen LogP contribution is -2.57. The molecule has 1 unspecified atom stereocenters. The van der Waals surface area contributed by atoms with Gasteiger partial charge in [0.05, 0.1) is 29.5 Å². The van der Waals surface area contributed by atoms with Gasteiger partial charge in [0.25, 0.3) is 0 Å². The van der Waals surface area contributed by atoms with Crippen LogP contribution in [0.3, 0.4) is 0 Å². The van der Waals surface area contributed by atoms with Crippen molar-refractivity contribution in [2.24, 2.45) is 0 Å². The summed E-state index contributed by atoms with van der Waals surface area (Å²) in [5, 5.41) is 2.71. The van der Waals surface area contributed by atoms with Gasteiger partial charge in [-0.1, -0.05) is 6.92 Å². The van der Waals surface area contributed by atoms with Gasteiger partial charge in [-0.25, -0.2) is 13.4 Å². The molecule has 0 radical (unpaired) electrons. The Kier molecular flexibility index (Phi) is 4.29. The first-order valence-corrected chi connectivity index (χ1v) is 8.85. The number of morpholine rings is 1. The molecule has 2 rings (SSSR count). The molecule has 1 aromatic heterocycles. The monoisotopic (exact) mass is 304 g/mol. The second kappa shape index (κ2) is 5.47. The highest BCUT2D eigenvalue weighted by molar-refractivity contribution is 7.88. The Labute approximate surface area is 118 Å². The van der Waals surface area contributed by atoms with Gasteiger partial charge >= 0.3 is 0 Å². The van der Waals surface area contributed by atoms with Crippen molar-refractivity contribution in [3.8, 4) is 0 Å². The molecular formula is C12H20N2O3S2. The van der Waals surface area contributed by atoms with E-state index in [0.717, 1.165) is 11.4 Å². The second-order valence-corrected chi connectivity index (χ2v) is 8.04. The number of hydrogen-bond donors (Lipinski definition) is 0. The Morgan fingerprint density at radius 1 is 1.58 bits per heavy atom. The molecule has 7 heteroatoms. The van der Waals surface area contributed by atoms with Crippen molar-refractivity contribution in [2.45, 2.75) is 38.5 Å². The zero-order chi connectivity index (χ0) is 14.1. The molecule has 1 aromatic rings. The number of sulfonamides is 1. The SMILES string of the molecule is CCC1(C)COCCN1S(=O)(=O)Cc1csc(C)n1. The van der Waals surface area contributed by atoms with Crippen LogP contribution in [0.4, 0.5) is 0 Å². The Hall–Kier alpha value is -0.500. The normalized spacial score (nSPS) is 25.6. The van der Waals surface area contributed by atoms with Crippen LogP contribution in [-0.2, 0) is 20.5 Å². The summed E-state index contributed by atoms with van der Waals surface area (Å²) in [5.74, 6) is -0.0209. The van der Waals surface area contributed by atoms with Crippen LogP contribution in [0.2, 0.25) is 0 Å². The molecular weight excluding hydrogens is 284 g/mol. The zero-order valence-electron chi connectivity index (χ0n) is 11.5. The lowest BCUT2D eigenvalue weighted by atomic mass is 9.99. The average molecular weight is 304 g/mol. The fourth-order valence-electron chi connectivity index (χ4n) is 2.27. The van der Waals surface area contributed by atoms with E-state index in [1.807, 2.05) is 26.2 Å². The second-order valence-electron chi connectivity index (χ2n) is 5.09. The number of thiazole rings is 1. The number of hydrogen-bond acceptors (Lipinski definition) is 5. The van der Waals surface area contributed by atoms with Crippen molar-refractivity contribution >= 4 is 21.4 Å². The summed E-state index contributed by atoms with van der Waals surface area (Å²) in [6.07, 6.45) is 0.738. The maximum atomic E-state index is 12.6. The van der Waals surface area contributed by atoms with Crippen molar-refractivity contribution in [3.63, 3.8) is 0 Å². The van der Waals surface area contributed by atoms with E-state index in [0.29, 0.717) is 25.5 Å². The van der Waals surface area contributed by atoms with E-state index in [9.17, 15) is 8.42 Å². The minimum atomic E-state index is -3.35. The summed E-state index contributed by atoms with van der Waals surface area (Å²) >= 11 is 1.48. The number of aromatic nitrogens is 1. The Morgan fingerprint density at radius 2 is 2.32 bits per heavy atom. The molecule has 5 nitrogen and oxygen atoms in total. The standard InChI is InChI=1S/C12H20N2O3S2/c1-4-12(3)9-17-6-5-14(12)19(15,16)8-11-7-18-10(2)13-11/h7H,4-6,8-9H2,1-3H3. The quantitative estimate of drug-likeness (QED) is 0.851. The van der Waals surface area contributed by atoms with Crippen LogP contribution >= 0.6 is 11.3 Å². The van der Waals surface area contributed by atoms with E-state index < -0.39 is 15.6 Å². The van der Waals surface area contributed by atoms with E-state index >= 15 is 0 Å². The fourth-order valence-corrected chi connectivity index (χ4v) is 4.88. The van der Waals surface area contributed by atoms with Crippen LogP contribution in [0.15, 0.2) is 5.38 Å². The molecule has 1 aliphatic rings. The Bertz CT molecular complexity index is 541. The summed E-state index contributed by atoms with van der Waals surface area (Å²) < 4.78 is 32.2. The molecule has 2 heterocycles. The molecule has 0 saturated carbocycles. The summed E-state index contributed by atoms with van der Waals surface area (Å²) in [6.45, 7) is 7.16. The molecule has 0 aromatic carbocycles. The van der Waals surface area contributed by atoms with Crippen molar-refractivity contribution in [1.82, 2.24) is 9.29 Å². The van der Waals surface area contributed by atoms with Gasteiger partial charge in [0, 0.05) is 11.9 Å². The van der Waals surface area contributed by atoms with Crippen molar-refractivity contribution in [2.75, 3.05) is 19.8 Å². The fraction of sp³-hybridized carbons (Fsp3) is 0.750. The summed E-state index contributed by atoms with van der Waals surface area (Å²) in [5.41, 5.74) is 0.190. The predicted octanol–water partition coefficient (Wildman–Crippen LogP) is 1.78. The summed E-state index contributed by atoms with van der Waals surface area (Å²) in [7, 11) is -3.35. The first kappa shape index (κ1) is 14.9. The molecule has 0 N–H and O–H groups in total. The van der Waals surface area contributed by atoms with Gasteiger partial charge in [0.15, 0.2) is 0 Å². The van der Waals surface area contributed by atoms with Crippen LogP contribution in [0, 0.1) is 6.92 Å². The molecule has 0 spiro atoms. The smallest absolute Gasteiger partial charge is 0.220 e. The number of aryl methyl sites for hydroxylation is 1. The third kappa shape index (κ3) is 3.16. The number of nitrogens with zero attached hydrogens (tertiary/aromatic N) is 2. The molecule has 108 valence electrons. The maximum Gasteiger partial charge on any atom is 0.220 e. The van der Waals surface area contributed by atoms with Gasteiger partial charge in [0.1, 0.15) is 5.75 Å². The van der Waals surface area contributed by atoms with Gasteiger partial charge in [-0.15, -0.1) is 11.3 Å². The van der Waals surface area contributed by atoms with Crippen LogP contribution in [0.25, 0.3) is 0 Å². The Morgan fingerprint density at radius 3 is 2.89 bits per heavy atom. The van der Waals surface area contributed by atoms with E-state index in [4.69, 9.17) is 4.74 Å². The molecule has 1 saturated heterocycles. The number of ether oxygens (including phenoxy) is 1. The minimum Gasteiger partial charge on any atom is -0.378 e. The van der Waals surface area contributed by atoms with Crippen molar-refractivity contribution < 1.29 is 13.2 Å². The van der Waals surface area contributed by atoms with E-state index in [2.05, 4.69) is 4.98 Å². The lowest BCUT2D eigenvalue weighted by molar-refractivity contribution is -0.0186. The van der Waals surface area contributed by atoms with Crippen molar-refractivity contribution in [1.29, 1.82) is 0 Å². The van der Waals surface area contributed by atoms with Crippen LogP contribution < -0.4 is 0 Å². The van der Waals surface area contributed by atoms with E-state index in [1.54, 1.807) is 4.31 Å². The third-order valence-electron chi connectivity index (χ3n) is 3.55. The highest BCUT2D eigenvalue weighted by Gasteiger charge is 2.41. The van der Waals surface area contributed by atoms with Crippen molar-refractivity contribution in [3.05, 3.63) is 16.1 Å². The zero-order valence-corrected chi connectivity index (χ0v) is 13.2. The summed E-state index contributed by atoms with van der Waals surface area (Å²) in [4.78, 5) is 4.25. The van der Waals surface area contributed by atoms with E-state index in [1.165, 1.54) is 11.3 Å². The van der Waals surface area contributed by atoms with Crippen LogP contribution in [0.1, 0.15) is 31.0 Å². The lowest BCUT2D eigenvalue weighted by Gasteiger charge is -2.42. The first-order valence-electron chi connectivity index (χ1n) is 6.37. The highest BCUT2D eigenvalue weighted by Crippen LogP contribution is 2.28. The van der Waals surface area contributed by atoms with Gasteiger partial charge in [-0.05, 0) is 20.3 Å². The molecule has 0 aliphatic carbocycles. The average Bonchev–Trinajstić information content (AvgIpc) is 2.74. The largest absolute Gasteiger partial charge is 0.378 e. The number of rotatable bonds is 4. The molecule has 1 atom stereocenters. The topological polar surface area (TPSA) is 59.5 Å². The first-order chi connectivity index (χ1) is 8.87. The van der Waals surface area contributed by atoms with Gasteiger partial charge in [-0.3, -0.25) is 0 Å². The molecule has 1 fully saturated rings. The molecule has 0 bridgehead atoms. The van der Waals surface area contributed by atoms with Crippen LogP contribution in [0.5, 0.6) is 0 Å². The molecule has 1 aliphatic heterocycles. The maximum absolute atomic E-state index is 12.6. The highest BCUT2D eigenvalue weighted by atomic mass is 32.2. The third-order valence-corrected chi connectivity index (χ3v) is 6.33. The van der Waals surface area contributed by atoms with Gasteiger partial charge in [0.2, 0.25) is 10.0 Å². The summed E-state index contributed by atoms with van der Waals surface area (Å²) in [6, 6.07) is 0. The van der Waals surface area contributed by atoms with E-state index in [-0.39, 0.29) is 5.75 Å². The molecule has 19 heavy (non-hydrogen) atoms.